The van der Waals surface area contributed by atoms with Crippen LogP contribution in [0.5, 0.6) is 0 Å². The van der Waals surface area contributed by atoms with E-state index in [0.29, 0.717) is 30.9 Å². The van der Waals surface area contributed by atoms with Crippen LogP contribution in [0.25, 0.3) is 10.8 Å². The van der Waals surface area contributed by atoms with Crippen molar-refractivity contribution >= 4 is 28.4 Å². The zero-order chi connectivity index (χ0) is 21.7. The number of rotatable bonds is 3. The number of hydrogen-bond acceptors (Lipinski definition) is 5. The Morgan fingerprint density at radius 2 is 1.91 bits per heavy atom. The second kappa shape index (κ2) is 6.95. The first-order valence-corrected chi connectivity index (χ1v) is 10.5. The first-order valence-electron chi connectivity index (χ1n) is 10.5. The number of anilines is 1. The summed E-state index contributed by atoms with van der Waals surface area (Å²) in [4.78, 5) is 38.6. The Balaban J connectivity index is 1.24. The van der Waals surface area contributed by atoms with E-state index in [1.54, 1.807) is 18.6 Å². The van der Waals surface area contributed by atoms with Crippen LogP contribution in [-0.2, 0) is 29.6 Å². The normalized spacial score (nSPS) is 18.4. The molecule has 3 aromatic heterocycles. The second-order valence-electron chi connectivity index (χ2n) is 8.33. The fraction of sp³-hybridized carbons (Fsp3) is 0.160. The highest BCUT2D eigenvalue weighted by molar-refractivity contribution is 6.06. The van der Waals surface area contributed by atoms with Gasteiger partial charge < -0.3 is 10.6 Å². The molecule has 7 nitrogen and oxygen atoms in total. The minimum atomic E-state index is -0.669. The molecule has 6 rings (SSSR count). The molecule has 7 heteroatoms. The smallest absolute Gasteiger partial charge is 0.270 e. The topological polar surface area (TPSA) is 96.9 Å². The van der Waals surface area contributed by atoms with Gasteiger partial charge in [-0.1, -0.05) is 30.3 Å². The molecule has 156 valence electrons. The van der Waals surface area contributed by atoms with Crippen LogP contribution in [0.3, 0.4) is 0 Å². The Morgan fingerprint density at radius 1 is 1.03 bits per heavy atom. The van der Waals surface area contributed by atoms with Crippen molar-refractivity contribution < 1.29 is 9.59 Å². The number of amides is 2. The van der Waals surface area contributed by atoms with Crippen molar-refractivity contribution in [1.82, 2.24) is 20.3 Å². The van der Waals surface area contributed by atoms with Crippen molar-refractivity contribution in [3.8, 4) is 0 Å². The summed E-state index contributed by atoms with van der Waals surface area (Å²) in [6.07, 6.45) is 8.07. The number of nitrogens with one attached hydrogen (secondary N) is 2. The number of benzene rings is 1. The molecule has 1 unspecified atom stereocenters. The van der Waals surface area contributed by atoms with Gasteiger partial charge in [0.25, 0.3) is 5.91 Å². The molecule has 2 N–H and O–H groups in total. The summed E-state index contributed by atoms with van der Waals surface area (Å²) >= 11 is 0. The van der Waals surface area contributed by atoms with Gasteiger partial charge in [0.05, 0.1) is 5.41 Å². The number of carbonyl (C=O) groups excluding carboxylic acids is 2. The van der Waals surface area contributed by atoms with E-state index in [1.165, 1.54) is 0 Å². The van der Waals surface area contributed by atoms with Crippen LogP contribution in [0.1, 0.15) is 32.7 Å². The molecule has 0 radical (unpaired) electrons. The number of carbonyl (C=O) groups is 2. The van der Waals surface area contributed by atoms with Crippen LogP contribution in [0.15, 0.2) is 67.3 Å². The van der Waals surface area contributed by atoms with Crippen LogP contribution in [0, 0.1) is 0 Å². The van der Waals surface area contributed by atoms with Gasteiger partial charge in [-0.3, -0.25) is 19.6 Å². The summed E-state index contributed by atoms with van der Waals surface area (Å²) in [7, 11) is 0. The molecule has 0 saturated carbocycles. The maximum absolute atomic E-state index is 12.9. The molecule has 2 aliphatic rings. The first kappa shape index (κ1) is 18.6. The average Bonchev–Trinajstić information content (AvgIpc) is 3.34. The van der Waals surface area contributed by atoms with Gasteiger partial charge in [0.1, 0.15) is 11.5 Å². The average molecular weight is 421 g/mol. The Bertz CT molecular complexity index is 1410. The minimum Gasteiger partial charge on any atom is -0.347 e. The van der Waals surface area contributed by atoms with E-state index < -0.39 is 5.41 Å². The van der Waals surface area contributed by atoms with Crippen molar-refractivity contribution in [3.05, 3.63) is 95.2 Å². The molecular formula is C25H19N5O2. The minimum absolute atomic E-state index is 0.0446. The summed E-state index contributed by atoms with van der Waals surface area (Å²) in [6.45, 7) is 0.358. The highest BCUT2D eigenvalue weighted by Crippen LogP contribution is 2.46. The van der Waals surface area contributed by atoms with Gasteiger partial charge in [-0.25, -0.2) is 4.98 Å². The molecule has 0 saturated heterocycles. The van der Waals surface area contributed by atoms with E-state index in [2.05, 4.69) is 25.6 Å². The van der Waals surface area contributed by atoms with Crippen LogP contribution < -0.4 is 10.6 Å². The molecule has 1 aromatic carbocycles. The molecule has 4 aromatic rings. The van der Waals surface area contributed by atoms with E-state index in [-0.39, 0.29) is 11.8 Å². The summed E-state index contributed by atoms with van der Waals surface area (Å²) < 4.78 is 0. The highest BCUT2D eigenvalue weighted by Gasteiger charge is 2.51. The maximum Gasteiger partial charge on any atom is 0.270 e. The molecule has 1 atom stereocenters. The van der Waals surface area contributed by atoms with Crippen LogP contribution in [0.4, 0.5) is 5.82 Å². The third-order valence-electron chi connectivity index (χ3n) is 6.48. The third-order valence-corrected chi connectivity index (χ3v) is 6.48. The summed E-state index contributed by atoms with van der Waals surface area (Å²) in [5.74, 6) is 0.330. The summed E-state index contributed by atoms with van der Waals surface area (Å²) in [6, 6.07) is 13.6. The Kier molecular flexibility index (Phi) is 4.04. The van der Waals surface area contributed by atoms with E-state index in [0.717, 1.165) is 33.0 Å². The number of pyridine rings is 3. The molecule has 0 bridgehead atoms. The van der Waals surface area contributed by atoms with Crippen LogP contribution >= 0.6 is 0 Å². The van der Waals surface area contributed by atoms with E-state index in [9.17, 15) is 9.59 Å². The summed E-state index contributed by atoms with van der Waals surface area (Å²) in [5.41, 5.74) is 3.50. The highest BCUT2D eigenvalue weighted by atomic mass is 16.2. The fourth-order valence-corrected chi connectivity index (χ4v) is 4.86. The first-order chi connectivity index (χ1) is 15.6. The van der Waals surface area contributed by atoms with Gasteiger partial charge in [-0.05, 0) is 47.1 Å². The lowest BCUT2D eigenvalue weighted by atomic mass is 9.79. The Labute approximate surface area is 183 Å². The van der Waals surface area contributed by atoms with Gasteiger partial charge in [0.2, 0.25) is 5.91 Å². The van der Waals surface area contributed by atoms with Crippen molar-refractivity contribution in [2.75, 3.05) is 5.32 Å². The molecule has 1 aliphatic carbocycles. The molecule has 0 fully saturated rings. The van der Waals surface area contributed by atoms with E-state index >= 15 is 0 Å². The fourth-order valence-electron chi connectivity index (χ4n) is 4.86. The molecule has 1 spiro atoms. The van der Waals surface area contributed by atoms with Crippen molar-refractivity contribution in [2.24, 2.45) is 0 Å². The number of hydrogen-bond donors (Lipinski definition) is 2. The lowest BCUT2D eigenvalue weighted by Crippen LogP contribution is -2.35. The second-order valence-corrected chi connectivity index (χ2v) is 8.33. The molecular weight excluding hydrogens is 402 g/mol. The number of aromatic nitrogens is 3. The largest absolute Gasteiger partial charge is 0.347 e. The van der Waals surface area contributed by atoms with Gasteiger partial charge >= 0.3 is 0 Å². The monoisotopic (exact) mass is 421 g/mol. The number of nitrogens with zero attached hydrogens (tertiary/aromatic N) is 3. The van der Waals surface area contributed by atoms with Crippen LogP contribution in [-0.4, -0.2) is 26.8 Å². The van der Waals surface area contributed by atoms with E-state index in [4.69, 9.17) is 0 Å². The van der Waals surface area contributed by atoms with Gasteiger partial charge in [-0.15, -0.1) is 0 Å². The number of fused-ring (bicyclic) bond motifs is 4. The standard InChI is InChI=1S/C25H19N5O2/c31-23(29-14-18-12-26-11-15-4-1-2-5-19(15)18)21-8-16-9-25(10-17(16)13-28-21)20-6-3-7-27-22(20)30-24(25)32/h1-8,11-13H,9-10,14H2,(H,29,31)(H,27,30,32). The van der Waals surface area contributed by atoms with Crippen LogP contribution in [0.2, 0.25) is 0 Å². The summed E-state index contributed by atoms with van der Waals surface area (Å²) in [5, 5.41) is 7.95. The Morgan fingerprint density at radius 3 is 2.84 bits per heavy atom. The lowest BCUT2D eigenvalue weighted by Gasteiger charge is -2.20. The molecule has 32 heavy (non-hydrogen) atoms. The zero-order valence-electron chi connectivity index (χ0n) is 17.1. The quantitative estimate of drug-likeness (QED) is 0.530. The van der Waals surface area contributed by atoms with Crippen molar-refractivity contribution in [1.29, 1.82) is 0 Å². The van der Waals surface area contributed by atoms with Gasteiger partial charge in [0, 0.05) is 42.3 Å². The Hall–Kier alpha value is -4.13. The molecule has 2 amide bonds. The zero-order valence-corrected chi connectivity index (χ0v) is 17.1. The molecule has 1 aliphatic heterocycles. The SMILES string of the molecule is O=C(NCc1cncc2ccccc12)c1cc2c(cn1)CC1(C2)C(=O)Nc2ncccc21. The van der Waals surface area contributed by atoms with Crippen molar-refractivity contribution in [2.45, 2.75) is 24.8 Å². The van der Waals surface area contributed by atoms with Crippen molar-refractivity contribution in [3.63, 3.8) is 0 Å². The van der Waals surface area contributed by atoms with E-state index in [1.807, 2.05) is 48.7 Å². The third kappa shape index (κ3) is 2.78. The van der Waals surface area contributed by atoms with Gasteiger partial charge in [0.15, 0.2) is 0 Å². The predicted octanol–water partition coefficient (Wildman–Crippen LogP) is 2.94. The van der Waals surface area contributed by atoms with Gasteiger partial charge in [-0.2, -0.15) is 0 Å². The maximum atomic E-state index is 12.9. The molecule has 4 heterocycles. The lowest BCUT2D eigenvalue weighted by molar-refractivity contribution is -0.120. The predicted molar refractivity (Wildman–Crippen MR) is 119 cm³/mol.